The third-order valence-corrected chi connectivity index (χ3v) is 2.29. The Hall–Kier alpha value is -0.310. The van der Waals surface area contributed by atoms with Gasteiger partial charge in [-0.3, -0.25) is 4.79 Å². The minimum Gasteiger partial charge on any atom is -0.259 e. The number of thioether (sulfide) groups is 1. The van der Waals surface area contributed by atoms with Crippen molar-refractivity contribution in [3.63, 3.8) is 0 Å². The maximum atomic E-state index is 10.9. The van der Waals surface area contributed by atoms with Gasteiger partial charge in [0.2, 0.25) is 0 Å². The molecule has 3 heteroatoms. The van der Waals surface area contributed by atoms with E-state index in [1.807, 2.05) is 6.92 Å². The lowest BCUT2D eigenvalue weighted by atomic mass is 10.2. The standard InChI is InChI=1S/C10H19NOS/c1-3-5-6-7-8-9-11-10(12)13-4-2/h9H,3-8H2,1-2H3. The molecule has 0 radical (unpaired) electrons. The number of amides is 1. The Balaban J connectivity index is 3.25. The molecule has 0 N–H and O–H groups in total. The number of hydrogen-bond donors (Lipinski definition) is 0. The summed E-state index contributed by atoms with van der Waals surface area (Å²) in [6, 6.07) is 0. The minimum absolute atomic E-state index is 0.0574. The average molecular weight is 201 g/mol. The molecule has 0 aliphatic heterocycles. The minimum atomic E-state index is -0.0574. The number of nitrogens with zero attached hydrogens (tertiary/aromatic N) is 1. The van der Waals surface area contributed by atoms with Crippen LogP contribution in [0, 0.1) is 0 Å². The SMILES string of the molecule is CCCCCCC=NC(=O)SCC. The Labute approximate surface area is 85.2 Å². The van der Waals surface area contributed by atoms with Crippen LogP contribution in [0.5, 0.6) is 0 Å². The average Bonchev–Trinajstić information content (AvgIpc) is 2.11. The number of unbranched alkanes of at least 4 members (excludes halogenated alkanes) is 4. The van der Waals surface area contributed by atoms with Crippen LogP contribution in [0.1, 0.15) is 46.0 Å². The predicted molar refractivity (Wildman–Crippen MR) is 60.8 cm³/mol. The lowest BCUT2D eigenvalue weighted by Crippen LogP contribution is -1.85. The molecule has 0 unspecified atom stereocenters. The summed E-state index contributed by atoms with van der Waals surface area (Å²) in [5, 5.41) is -0.0574. The molecule has 1 amide bonds. The highest BCUT2D eigenvalue weighted by atomic mass is 32.2. The second-order valence-electron chi connectivity index (χ2n) is 2.86. The predicted octanol–water partition coefficient (Wildman–Crippen LogP) is 3.90. The smallest absolute Gasteiger partial charge is 0.259 e. The molecular formula is C10H19NOS. The van der Waals surface area contributed by atoms with Gasteiger partial charge in [0, 0.05) is 6.21 Å². The lowest BCUT2D eigenvalue weighted by molar-refractivity contribution is 0.267. The number of carbonyl (C=O) groups excluding carboxylic acids is 1. The monoisotopic (exact) mass is 201 g/mol. The molecule has 0 saturated heterocycles. The van der Waals surface area contributed by atoms with E-state index in [-0.39, 0.29) is 5.24 Å². The number of aliphatic imine (C=N–C) groups is 1. The summed E-state index contributed by atoms with van der Waals surface area (Å²) in [6.45, 7) is 4.15. The normalized spacial score (nSPS) is 10.9. The van der Waals surface area contributed by atoms with Crippen LogP contribution in [0.4, 0.5) is 4.79 Å². The molecule has 2 nitrogen and oxygen atoms in total. The van der Waals surface area contributed by atoms with Crippen LogP contribution in [-0.4, -0.2) is 17.2 Å². The van der Waals surface area contributed by atoms with E-state index in [9.17, 15) is 4.79 Å². The third-order valence-electron chi connectivity index (χ3n) is 1.65. The van der Waals surface area contributed by atoms with E-state index in [1.165, 1.54) is 31.0 Å². The largest absolute Gasteiger partial charge is 0.304 e. The summed E-state index contributed by atoms with van der Waals surface area (Å²) in [4.78, 5) is 14.7. The quantitative estimate of drug-likeness (QED) is 0.482. The van der Waals surface area contributed by atoms with Crippen LogP contribution >= 0.6 is 11.8 Å². The summed E-state index contributed by atoms with van der Waals surface area (Å²) >= 11 is 1.26. The first kappa shape index (κ1) is 12.7. The van der Waals surface area contributed by atoms with Crippen molar-refractivity contribution in [2.75, 3.05) is 5.75 Å². The van der Waals surface area contributed by atoms with Gasteiger partial charge in [-0.05, 0) is 18.6 Å². The van der Waals surface area contributed by atoms with Crippen LogP contribution in [0.2, 0.25) is 0 Å². The molecular weight excluding hydrogens is 182 g/mol. The van der Waals surface area contributed by atoms with Crippen LogP contribution < -0.4 is 0 Å². The van der Waals surface area contributed by atoms with Crippen molar-refractivity contribution in [1.29, 1.82) is 0 Å². The summed E-state index contributed by atoms with van der Waals surface area (Å²) in [7, 11) is 0. The van der Waals surface area contributed by atoms with Gasteiger partial charge in [-0.1, -0.05) is 44.9 Å². The Morgan fingerprint density at radius 1 is 1.31 bits per heavy atom. The second-order valence-corrected chi connectivity index (χ2v) is 4.08. The highest BCUT2D eigenvalue weighted by Crippen LogP contribution is 2.04. The molecule has 13 heavy (non-hydrogen) atoms. The number of rotatable bonds is 6. The summed E-state index contributed by atoms with van der Waals surface area (Å²) in [5.74, 6) is 0.812. The zero-order chi connectivity index (χ0) is 9.94. The van der Waals surface area contributed by atoms with Gasteiger partial charge < -0.3 is 0 Å². The van der Waals surface area contributed by atoms with E-state index >= 15 is 0 Å². The van der Waals surface area contributed by atoms with Gasteiger partial charge in [0.05, 0.1) is 0 Å². The molecule has 0 aliphatic carbocycles. The zero-order valence-corrected chi connectivity index (χ0v) is 9.40. The van der Waals surface area contributed by atoms with E-state index in [1.54, 1.807) is 6.21 Å². The van der Waals surface area contributed by atoms with E-state index < -0.39 is 0 Å². The van der Waals surface area contributed by atoms with Gasteiger partial charge in [0.15, 0.2) is 0 Å². The molecule has 0 aromatic heterocycles. The molecule has 0 aromatic carbocycles. The summed E-state index contributed by atoms with van der Waals surface area (Å²) in [5.41, 5.74) is 0. The number of carbonyl (C=O) groups is 1. The van der Waals surface area contributed by atoms with Crippen LogP contribution in [-0.2, 0) is 0 Å². The van der Waals surface area contributed by atoms with Crippen molar-refractivity contribution < 1.29 is 4.79 Å². The Morgan fingerprint density at radius 2 is 2.08 bits per heavy atom. The molecule has 0 spiro atoms. The topological polar surface area (TPSA) is 29.4 Å². The van der Waals surface area contributed by atoms with E-state index in [2.05, 4.69) is 11.9 Å². The molecule has 76 valence electrons. The van der Waals surface area contributed by atoms with Crippen molar-refractivity contribution in [3.05, 3.63) is 0 Å². The fraction of sp³-hybridized carbons (Fsp3) is 0.800. The first-order valence-electron chi connectivity index (χ1n) is 5.00. The van der Waals surface area contributed by atoms with Gasteiger partial charge in [-0.25, -0.2) is 4.99 Å². The number of hydrogen-bond acceptors (Lipinski definition) is 2. The van der Waals surface area contributed by atoms with E-state index in [0.717, 1.165) is 18.6 Å². The second kappa shape index (κ2) is 9.78. The maximum absolute atomic E-state index is 10.9. The first-order chi connectivity index (χ1) is 6.31. The van der Waals surface area contributed by atoms with Gasteiger partial charge in [-0.2, -0.15) is 0 Å². The Bertz CT molecular complexity index is 157. The molecule has 0 bridgehead atoms. The summed E-state index contributed by atoms with van der Waals surface area (Å²) in [6.07, 6.45) is 7.63. The highest BCUT2D eigenvalue weighted by molar-refractivity contribution is 8.13. The lowest BCUT2D eigenvalue weighted by Gasteiger charge is -1.93. The molecule has 0 rings (SSSR count). The highest BCUT2D eigenvalue weighted by Gasteiger charge is 1.93. The van der Waals surface area contributed by atoms with Crippen molar-refractivity contribution >= 4 is 23.2 Å². The van der Waals surface area contributed by atoms with Gasteiger partial charge in [-0.15, -0.1) is 0 Å². The fourth-order valence-corrected chi connectivity index (χ4v) is 1.36. The molecule has 0 atom stereocenters. The summed E-state index contributed by atoms with van der Waals surface area (Å²) < 4.78 is 0. The molecule has 0 saturated carbocycles. The maximum Gasteiger partial charge on any atom is 0.304 e. The zero-order valence-electron chi connectivity index (χ0n) is 8.58. The van der Waals surface area contributed by atoms with Crippen LogP contribution in [0.3, 0.4) is 0 Å². The molecule has 0 aromatic rings. The van der Waals surface area contributed by atoms with E-state index in [0.29, 0.717) is 0 Å². The van der Waals surface area contributed by atoms with Gasteiger partial charge in [0.25, 0.3) is 0 Å². The first-order valence-corrected chi connectivity index (χ1v) is 5.99. The van der Waals surface area contributed by atoms with Gasteiger partial charge >= 0.3 is 5.24 Å². The Morgan fingerprint density at radius 3 is 2.69 bits per heavy atom. The van der Waals surface area contributed by atoms with Gasteiger partial charge in [0.1, 0.15) is 0 Å². The molecule has 0 heterocycles. The molecule has 0 aliphatic rings. The van der Waals surface area contributed by atoms with Crippen molar-refractivity contribution in [2.24, 2.45) is 4.99 Å². The van der Waals surface area contributed by atoms with Crippen LogP contribution in [0.15, 0.2) is 4.99 Å². The fourth-order valence-electron chi connectivity index (χ4n) is 0.962. The van der Waals surface area contributed by atoms with Crippen molar-refractivity contribution in [3.8, 4) is 0 Å². The van der Waals surface area contributed by atoms with Crippen molar-refractivity contribution in [2.45, 2.75) is 46.0 Å². The molecule has 0 fully saturated rings. The third kappa shape index (κ3) is 9.61. The Kier molecular flexibility index (Phi) is 9.54. The van der Waals surface area contributed by atoms with Crippen LogP contribution in [0.25, 0.3) is 0 Å². The van der Waals surface area contributed by atoms with Crippen molar-refractivity contribution in [1.82, 2.24) is 0 Å². The van der Waals surface area contributed by atoms with E-state index in [4.69, 9.17) is 0 Å².